The Bertz CT molecular complexity index is 672. The monoisotopic (exact) mass is 315 g/mol. The predicted octanol–water partition coefficient (Wildman–Crippen LogP) is 3.82. The first kappa shape index (κ1) is 15.3. The van der Waals surface area contributed by atoms with E-state index in [1.165, 1.54) is 0 Å². The van der Waals surface area contributed by atoms with E-state index in [1.807, 2.05) is 36.4 Å². The Labute approximate surface area is 136 Å². The maximum Gasteiger partial charge on any atom is 0.231 e. The van der Waals surface area contributed by atoms with Crippen LogP contribution in [0.3, 0.4) is 0 Å². The molecule has 2 aromatic rings. The lowest BCUT2D eigenvalue weighted by Crippen LogP contribution is -2.02. The largest absolute Gasteiger partial charge is 0.493 e. The lowest BCUT2D eigenvalue weighted by atomic mass is 10.2. The van der Waals surface area contributed by atoms with E-state index in [9.17, 15) is 0 Å². The van der Waals surface area contributed by atoms with Crippen LogP contribution in [0.25, 0.3) is 0 Å². The number of nitrogens with one attached hydrogen (secondary N) is 1. The topological polar surface area (TPSA) is 49.0 Å². The van der Waals surface area contributed by atoms with Crippen molar-refractivity contribution in [3.05, 3.63) is 42.0 Å². The second-order valence-electron chi connectivity index (χ2n) is 5.26. The Kier molecular flexibility index (Phi) is 4.76. The first-order valence-corrected chi connectivity index (χ1v) is 7.73. The lowest BCUT2D eigenvalue weighted by molar-refractivity contribution is 0.174. The summed E-state index contributed by atoms with van der Waals surface area (Å²) in [6, 6.07) is 11.8. The smallest absolute Gasteiger partial charge is 0.231 e. The van der Waals surface area contributed by atoms with E-state index >= 15 is 0 Å². The highest BCUT2D eigenvalue weighted by molar-refractivity contribution is 5.56. The van der Waals surface area contributed by atoms with E-state index in [4.69, 9.17) is 18.9 Å². The highest BCUT2D eigenvalue weighted by Crippen LogP contribution is 2.34. The summed E-state index contributed by atoms with van der Waals surface area (Å²) in [4.78, 5) is 0. The maximum absolute atomic E-state index is 5.67. The van der Waals surface area contributed by atoms with Gasteiger partial charge in [-0.2, -0.15) is 0 Å². The van der Waals surface area contributed by atoms with Gasteiger partial charge in [0.15, 0.2) is 23.0 Å². The van der Waals surface area contributed by atoms with Gasteiger partial charge in [0.25, 0.3) is 0 Å². The second kappa shape index (κ2) is 7.13. The van der Waals surface area contributed by atoms with E-state index in [1.54, 1.807) is 7.11 Å². The normalized spacial score (nSPS) is 12.1. The number of benzene rings is 2. The van der Waals surface area contributed by atoms with Crippen molar-refractivity contribution in [2.75, 3.05) is 25.8 Å². The lowest BCUT2D eigenvalue weighted by Gasteiger charge is -2.12. The molecule has 23 heavy (non-hydrogen) atoms. The third-order valence-corrected chi connectivity index (χ3v) is 3.56. The third-order valence-electron chi connectivity index (χ3n) is 3.56. The predicted molar refractivity (Wildman–Crippen MR) is 88.7 cm³/mol. The standard InChI is InChI=1S/C18H21NO4/c1-3-8-21-15-6-4-13(9-17(15)20-2)11-19-14-5-7-16-18(10-14)23-12-22-16/h4-7,9-10,19H,3,8,11-12H2,1-2H3. The van der Waals surface area contributed by atoms with Crippen molar-refractivity contribution in [2.45, 2.75) is 19.9 Å². The Balaban J connectivity index is 1.65. The number of rotatable bonds is 7. The molecule has 0 saturated heterocycles. The fourth-order valence-electron chi connectivity index (χ4n) is 2.36. The van der Waals surface area contributed by atoms with Crippen molar-refractivity contribution in [1.29, 1.82) is 0 Å². The summed E-state index contributed by atoms with van der Waals surface area (Å²) >= 11 is 0. The minimum atomic E-state index is 0.287. The van der Waals surface area contributed by atoms with Crippen molar-refractivity contribution in [3.63, 3.8) is 0 Å². The summed E-state index contributed by atoms with van der Waals surface area (Å²) in [6.45, 7) is 3.74. The van der Waals surface area contributed by atoms with Crippen LogP contribution in [0.5, 0.6) is 23.0 Å². The quantitative estimate of drug-likeness (QED) is 0.841. The molecule has 122 valence electrons. The summed E-state index contributed by atoms with van der Waals surface area (Å²) in [5, 5.41) is 3.37. The van der Waals surface area contributed by atoms with Gasteiger partial charge in [0.2, 0.25) is 6.79 Å². The summed E-state index contributed by atoms with van der Waals surface area (Å²) in [6.07, 6.45) is 0.969. The van der Waals surface area contributed by atoms with Crippen LogP contribution >= 0.6 is 0 Å². The van der Waals surface area contributed by atoms with Crippen molar-refractivity contribution in [2.24, 2.45) is 0 Å². The molecular weight excluding hydrogens is 294 g/mol. The van der Waals surface area contributed by atoms with Gasteiger partial charge in [-0.05, 0) is 36.2 Å². The zero-order valence-electron chi connectivity index (χ0n) is 13.4. The van der Waals surface area contributed by atoms with Gasteiger partial charge in [0, 0.05) is 18.3 Å². The fraction of sp³-hybridized carbons (Fsp3) is 0.333. The van der Waals surface area contributed by atoms with Crippen LogP contribution in [0.4, 0.5) is 5.69 Å². The zero-order chi connectivity index (χ0) is 16.1. The Morgan fingerprint density at radius 2 is 1.91 bits per heavy atom. The third kappa shape index (κ3) is 3.62. The summed E-state index contributed by atoms with van der Waals surface area (Å²) in [7, 11) is 1.66. The van der Waals surface area contributed by atoms with E-state index in [0.29, 0.717) is 13.2 Å². The molecule has 0 radical (unpaired) electrons. The van der Waals surface area contributed by atoms with Gasteiger partial charge in [-0.25, -0.2) is 0 Å². The van der Waals surface area contributed by atoms with Crippen molar-refractivity contribution >= 4 is 5.69 Å². The molecule has 0 spiro atoms. The van der Waals surface area contributed by atoms with Crippen LogP contribution in [0, 0.1) is 0 Å². The molecule has 0 unspecified atom stereocenters. The van der Waals surface area contributed by atoms with Gasteiger partial charge in [0.05, 0.1) is 13.7 Å². The van der Waals surface area contributed by atoms with Gasteiger partial charge in [-0.15, -0.1) is 0 Å². The molecule has 5 nitrogen and oxygen atoms in total. The molecule has 0 aromatic heterocycles. The van der Waals surface area contributed by atoms with E-state index in [-0.39, 0.29) is 6.79 Å². The number of ether oxygens (including phenoxy) is 4. The van der Waals surface area contributed by atoms with Crippen molar-refractivity contribution < 1.29 is 18.9 Å². The second-order valence-corrected chi connectivity index (χ2v) is 5.26. The van der Waals surface area contributed by atoms with Gasteiger partial charge in [-0.1, -0.05) is 13.0 Å². The molecule has 5 heteroatoms. The van der Waals surface area contributed by atoms with Crippen LogP contribution in [0.1, 0.15) is 18.9 Å². The molecule has 0 aliphatic carbocycles. The van der Waals surface area contributed by atoms with E-state index in [2.05, 4.69) is 12.2 Å². The molecule has 1 aliphatic heterocycles. The van der Waals surface area contributed by atoms with Gasteiger partial charge in [-0.3, -0.25) is 0 Å². The fourth-order valence-corrected chi connectivity index (χ4v) is 2.36. The van der Waals surface area contributed by atoms with E-state index < -0.39 is 0 Å². The number of fused-ring (bicyclic) bond motifs is 1. The number of hydrogen-bond acceptors (Lipinski definition) is 5. The molecule has 1 heterocycles. The maximum atomic E-state index is 5.67. The highest BCUT2D eigenvalue weighted by atomic mass is 16.7. The molecular formula is C18H21NO4. The summed E-state index contributed by atoms with van der Waals surface area (Å²) in [5.74, 6) is 3.09. The molecule has 2 aromatic carbocycles. The molecule has 0 fully saturated rings. The van der Waals surface area contributed by atoms with Crippen molar-refractivity contribution in [1.82, 2.24) is 0 Å². The Morgan fingerprint density at radius 3 is 2.74 bits per heavy atom. The average Bonchev–Trinajstić information content (AvgIpc) is 3.06. The molecule has 0 saturated carbocycles. The van der Waals surface area contributed by atoms with Crippen LogP contribution in [-0.2, 0) is 6.54 Å². The molecule has 0 amide bonds. The first-order valence-electron chi connectivity index (χ1n) is 7.73. The minimum absolute atomic E-state index is 0.287. The average molecular weight is 315 g/mol. The number of anilines is 1. The first-order chi connectivity index (χ1) is 11.3. The number of hydrogen-bond donors (Lipinski definition) is 1. The van der Waals surface area contributed by atoms with Gasteiger partial charge in [0.1, 0.15) is 0 Å². The van der Waals surface area contributed by atoms with Gasteiger partial charge >= 0.3 is 0 Å². The molecule has 0 atom stereocenters. The highest BCUT2D eigenvalue weighted by Gasteiger charge is 2.13. The van der Waals surface area contributed by atoms with Crippen LogP contribution in [0.15, 0.2) is 36.4 Å². The van der Waals surface area contributed by atoms with Crippen molar-refractivity contribution in [3.8, 4) is 23.0 Å². The van der Waals surface area contributed by atoms with Gasteiger partial charge < -0.3 is 24.3 Å². The number of methoxy groups -OCH3 is 1. The Hall–Kier alpha value is -2.56. The minimum Gasteiger partial charge on any atom is -0.493 e. The van der Waals surface area contributed by atoms with Crippen LogP contribution in [-0.4, -0.2) is 20.5 Å². The summed E-state index contributed by atoms with van der Waals surface area (Å²) in [5.41, 5.74) is 2.10. The van der Waals surface area contributed by atoms with E-state index in [0.717, 1.165) is 40.7 Å². The van der Waals surface area contributed by atoms with Crippen LogP contribution in [0.2, 0.25) is 0 Å². The van der Waals surface area contributed by atoms with Crippen LogP contribution < -0.4 is 24.3 Å². The molecule has 1 aliphatic rings. The molecule has 1 N–H and O–H groups in total. The zero-order valence-corrected chi connectivity index (χ0v) is 13.4. The molecule has 0 bridgehead atoms. The SMILES string of the molecule is CCCOc1ccc(CNc2ccc3c(c2)OCO3)cc1OC. The molecule has 3 rings (SSSR count). The summed E-state index contributed by atoms with van der Waals surface area (Å²) < 4.78 is 21.8. The Morgan fingerprint density at radius 1 is 1.04 bits per heavy atom.